The minimum absolute atomic E-state index is 0.231. The first-order chi connectivity index (χ1) is 14.6. The minimum Gasteiger partial charge on any atom is -0.493 e. The van der Waals surface area contributed by atoms with Gasteiger partial charge in [-0.1, -0.05) is 55.7 Å². The monoisotopic (exact) mass is 412 g/mol. The van der Waals surface area contributed by atoms with Crippen LogP contribution in [0.5, 0.6) is 11.5 Å². The van der Waals surface area contributed by atoms with E-state index in [4.69, 9.17) is 9.47 Å². The van der Waals surface area contributed by atoms with Crippen LogP contribution in [-0.4, -0.2) is 49.5 Å². The molecule has 3 rings (SSSR count). The molecule has 0 amide bonds. The summed E-state index contributed by atoms with van der Waals surface area (Å²) in [6.07, 6.45) is 5.97. The average Bonchev–Trinajstić information content (AvgIpc) is 2.77. The second kappa shape index (κ2) is 11.9. The lowest BCUT2D eigenvalue weighted by Gasteiger charge is -2.23. The van der Waals surface area contributed by atoms with Gasteiger partial charge in [0.1, 0.15) is 12.7 Å². The van der Waals surface area contributed by atoms with Gasteiger partial charge in [0.05, 0.1) is 7.11 Å². The van der Waals surface area contributed by atoms with Crippen molar-refractivity contribution in [1.82, 2.24) is 10.2 Å². The van der Waals surface area contributed by atoms with E-state index in [2.05, 4.69) is 28.4 Å². The number of aliphatic hydroxyl groups is 1. The SMILES string of the molecule is COc1ccc(CNC2CCCCC2)cc1OC[C@H](O)CN(C)Cc1ccccc1. The van der Waals surface area contributed by atoms with E-state index in [1.54, 1.807) is 7.11 Å². The summed E-state index contributed by atoms with van der Waals surface area (Å²) in [7, 11) is 3.65. The lowest BCUT2D eigenvalue weighted by Crippen LogP contribution is -2.32. The normalized spacial score (nSPS) is 15.9. The van der Waals surface area contributed by atoms with E-state index in [9.17, 15) is 5.11 Å². The first-order valence-electron chi connectivity index (χ1n) is 11.1. The fourth-order valence-electron chi connectivity index (χ4n) is 4.07. The molecule has 1 saturated carbocycles. The maximum Gasteiger partial charge on any atom is 0.161 e. The Hall–Kier alpha value is -2.08. The Morgan fingerprint density at radius 3 is 2.53 bits per heavy atom. The van der Waals surface area contributed by atoms with Crippen LogP contribution in [0.3, 0.4) is 0 Å². The molecule has 0 unspecified atom stereocenters. The largest absolute Gasteiger partial charge is 0.493 e. The first-order valence-corrected chi connectivity index (χ1v) is 11.1. The van der Waals surface area contributed by atoms with Gasteiger partial charge in [-0.15, -0.1) is 0 Å². The number of nitrogens with zero attached hydrogens (tertiary/aromatic N) is 1. The van der Waals surface area contributed by atoms with Crippen molar-refractivity contribution in [1.29, 1.82) is 0 Å². The molecule has 1 atom stereocenters. The first kappa shape index (κ1) is 22.6. The molecule has 5 heteroatoms. The second-order valence-electron chi connectivity index (χ2n) is 8.35. The standard InChI is InChI=1S/C25H36N2O3/c1-27(17-20-9-5-3-6-10-20)18-23(28)19-30-25-15-21(13-14-24(25)29-2)16-26-22-11-7-4-8-12-22/h3,5-6,9-10,13-15,22-23,26,28H,4,7-8,11-12,16-19H2,1-2H3/t23-/m1/s1. The van der Waals surface area contributed by atoms with Gasteiger partial charge in [0.25, 0.3) is 0 Å². The number of aliphatic hydroxyl groups excluding tert-OH is 1. The number of benzene rings is 2. The van der Waals surface area contributed by atoms with E-state index in [1.165, 1.54) is 43.2 Å². The van der Waals surface area contributed by atoms with Crippen LogP contribution in [0, 0.1) is 0 Å². The Bertz CT molecular complexity index is 747. The zero-order chi connectivity index (χ0) is 21.2. The number of hydrogen-bond donors (Lipinski definition) is 2. The van der Waals surface area contributed by atoms with E-state index in [0.717, 1.165) is 13.1 Å². The van der Waals surface area contributed by atoms with Gasteiger partial charge in [0.15, 0.2) is 11.5 Å². The molecule has 164 valence electrons. The maximum atomic E-state index is 10.4. The van der Waals surface area contributed by atoms with Gasteiger partial charge in [0, 0.05) is 25.7 Å². The summed E-state index contributed by atoms with van der Waals surface area (Å²) in [6, 6.07) is 16.9. The predicted molar refractivity (Wildman–Crippen MR) is 121 cm³/mol. The van der Waals surface area contributed by atoms with Crippen LogP contribution in [-0.2, 0) is 13.1 Å². The molecule has 0 saturated heterocycles. The number of ether oxygens (including phenoxy) is 2. The van der Waals surface area contributed by atoms with Gasteiger partial charge in [-0.3, -0.25) is 4.90 Å². The molecule has 0 aromatic heterocycles. The molecule has 0 heterocycles. The Morgan fingerprint density at radius 2 is 1.80 bits per heavy atom. The van der Waals surface area contributed by atoms with Crippen molar-refractivity contribution >= 4 is 0 Å². The smallest absolute Gasteiger partial charge is 0.161 e. The van der Waals surface area contributed by atoms with Crippen LogP contribution in [0.2, 0.25) is 0 Å². The Kier molecular flexibility index (Phi) is 9.00. The Labute approximate surface area is 181 Å². The fraction of sp³-hybridized carbons (Fsp3) is 0.520. The third kappa shape index (κ3) is 7.31. The van der Waals surface area contributed by atoms with Crippen LogP contribution >= 0.6 is 0 Å². The van der Waals surface area contributed by atoms with E-state index < -0.39 is 6.10 Å². The summed E-state index contributed by atoms with van der Waals surface area (Å²) in [4.78, 5) is 2.10. The third-order valence-electron chi connectivity index (χ3n) is 5.68. The van der Waals surface area contributed by atoms with Crippen LogP contribution in [0.25, 0.3) is 0 Å². The summed E-state index contributed by atoms with van der Waals surface area (Å²) < 4.78 is 11.4. The highest BCUT2D eigenvalue weighted by atomic mass is 16.5. The summed E-state index contributed by atoms with van der Waals surface area (Å²) in [6.45, 7) is 2.39. The molecule has 1 fully saturated rings. The predicted octanol–water partition coefficient (Wildman–Crippen LogP) is 3.99. The molecule has 0 aliphatic heterocycles. The zero-order valence-corrected chi connectivity index (χ0v) is 18.3. The van der Waals surface area contributed by atoms with Crippen molar-refractivity contribution in [3.63, 3.8) is 0 Å². The van der Waals surface area contributed by atoms with Crippen LogP contribution in [0.15, 0.2) is 48.5 Å². The lowest BCUT2D eigenvalue weighted by atomic mass is 9.95. The number of rotatable bonds is 11. The molecular formula is C25H36N2O3. The quantitative estimate of drug-likeness (QED) is 0.585. The van der Waals surface area contributed by atoms with Gasteiger partial charge in [0.2, 0.25) is 0 Å². The molecule has 1 aliphatic carbocycles. The van der Waals surface area contributed by atoms with Crippen molar-refractivity contribution in [2.24, 2.45) is 0 Å². The third-order valence-corrected chi connectivity index (χ3v) is 5.68. The average molecular weight is 413 g/mol. The Balaban J connectivity index is 1.48. The molecule has 5 nitrogen and oxygen atoms in total. The van der Waals surface area contributed by atoms with Crippen LogP contribution in [0.4, 0.5) is 0 Å². The number of likely N-dealkylation sites (N-methyl/N-ethyl adjacent to an activating group) is 1. The summed E-state index contributed by atoms with van der Waals surface area (Å²) in [5.41, 5.74) is 2.40. The second-order valence-corrected chi connectivity index (χ2v) is 8.35. The van der Waals surface area contributed by atoms with Crippen molar-refractivity contribution in [2.75, 3.05) is 27.3 Å². The summed E-state index contributed by atoms with van der Waals surface area (Å²) >= 11 is 0. The summed E-state index contributed by atoms with van der Waals surface area (Å²) in [5, 5.41) is 14.1. The van der Waals surface area contributed by atoms with Crippen LogP contribution < -0.4 is 14.8 Å². The molecule has 2 N–H and O–H groups in total. The molecule has 0 bridgehead atoms. The van der Waals surface area contributed by atoms with Crippen LogP contribution in [0.1, 0.15) is 43.2 Å². The highest BCUT2D eigenvalue weighted by molar-refractivity contribution is 5.43. The number of methoxy groups -OCH3 is 1. The zero-order valence-electron chi connectivity index (χ0n) is 18.3. The topological polar surface area (TPSA) is 54.0 Å². The maximum absolute atomic E-state index is 10.4. The van der Waals surface area contributed by atoms with E-state index >= 15 is 0 Å². The van der Waals surface area contributed by atoms with Crippen molar-refractivity contribution in [2.45, 2.75) is 57.3 Å². The minimum atomic E-state index is -0.576. The van der Waals surface area contributed by atoms with Gasteiger partial charge in [-0.25, -0.2) is 0 Å². The number of hydrogen-bond acceptors (Lipinski definition) is 5. The molecule has 0 spiro atoms. The van der Waals surface area contributed by atoms with Crippen molar-refractivity contribution < 1.29 is 14.6 Å². The molecule has 1 aliphatic rings. The van der Waals surface area contributed by atoms with Gasteiger partial charge in [-0.05, 0) is 43.1 Å². The summed E-state index contributed by atoms with van der Waals surface area (Å²) in [5.74, 6) is 1.38. The van der Waals surface area contributed by atoms with E-state index in [-0.39, 0.29) is 6.61 Å². The van der Waals surface area contributed by atoms with Crippen molar-refractivity contribution in [3.8, 4) is 11.5 Å². The van der Waals surface area contributed by atoms with Gasteiger partial charge >= 0.3 is 0 Å². The molecule has 2 aromatic carbocycles. The highest BCUT2D eigenvalue weighted by Crippen LogP contribution is 2.28. The van der Waals surface area contributed by atoms with E-state index in [1.807, 2.05) is 37.4 Å². The fourth-order valence-corrected chi connectivity index (χ4v) is 4.07. The molecular weight excluding hydrogens is 376 g/mol. The van der Waals surface area contributed by atoms with Crippen molar-refractivity contribution in [3.05, 3.63) is 59.7 Å². The van der Waals surface area contributed by atoms with E-state index in [0.29, 0.717) is 24.1 Å². The highest BCUT2D eigenvalue weighted by Gasteiger charge is 2.15. The molecule has 30 heavy (non-hydrogen) atoms. The van der Waals surface area contributed by atoms with Gasteiger partial charge < -0.3 is 19.9 Å². The molecule has 2 aromatic rings. The lowest BCUT2D eigenvalue weighted by molar-refractivity contribution is 0.0732. The molecule has 0 radical (unpaired) electrons. The van der Waals surface area contributed by atoms with Gasteiger partial charge in [-0.2, -0.15) is 0 Å². The Morgan fingerprint density at radius 1 is 1.03 bits per heavy atom. The number of nitrogens with one attached hydrogen (secondary N) is 1.